The van der Waals surface area contributed by atoms with Crippen LogP contribution in [0.4, 0.5) is 0 Å². The van der Waals surface area contributed by atoms with Crippen molar-refractivity contribution in [2.75, 3.05) is 4.43 Å². The van der Waals surface area contributed by atoms with Crippen LogP contribution in [0.15, 0.2) is 12.2 Å². The van der Waals surface area contributed by atoms with Gasteiger partial charge in [-0.05, 0) is 12.5 Å². The Balaban J connectivity index is 2.97. The summed E-state index contributed by atoms with van der Waals surface area (Å²) in [7, 11) is 0. The summed E-state index contributed by atoms with van der Waals surface area (Å²) >= 11 is 2.31. The van der Waals surface area contributed by atoms with Gasteiger partial charge in [-0.2, -0.15) is 0 Å². The maximum atomic E-state index is 4.93. The van der Waals surface area contributed by atoms with Crippen LogP contribution in [0.5, 0.6) is 0 Å². The summed E-state index contributed by atoms with van der Waals surface area (Å²) in [6.07, 6.45) is 9.75. The fourth-order valence-electron chi connectivity index (χ4n) is 0.214. The normalized spacial score (nSPS) is 9.14. The molecule has 0 amide bonds. The van der Waals surface area contributed by atoms with Crippen molar-refractivity contribution in [3.63, 3.8) is 0 Å². The zero-order valence-corrected chi connectivity index (χ0v) is 6.18. The maximum Gasteiger partial charge on any atom is 0.00302 e. The lowest BCUT2D eigenvalue weighted by Crippen LogP contribution is -1.61. The molecule has 1 heteroatoms. The second-order valence-corrected chi connectivity index (χ2v) is 2.13. The lowest BCUT2D eigenvalue weighted by molar-refractivity contribution is 1.28. The van der Waals surface area contributed by atoms with Crippen LogP contribution in [-0.2, 0) is 0 Å². The smallest absolute Gasteiger partial charge is 0.00302 e. The Morgan fingerprint density at radius 3 is 2.86 bits per heavy atom. The molecule has 0 aliphatic carbocycles. The SMILES string of the molecule is C#C/C=C/CCI. The van der Waals surface area contributed by atoms with E-state index in [1.807, 2.05) is 6.08 Å². The summed E-state index contributed by atoms with van der Waals surface area (Å²) in [4.78, 5) is 0. The summed E-state index contributed by atoms with van der Waals surface area (Å²) in [5.41, 5.74) is 0. The highest BCUT2D eigenvalue weighted by Gasteiger charge is 1.67. The average molecular weight is 206 g/mol. The molecule has 0 aromatic rings. The van der Waals surface area contributed by atoms with E-state index in [0.717, 1.165) is 10.8 Å². The van der Waals surface area contributed by atoms with Crippen molar-refractivity contribution in [3.8, 4) is 12.3 Å². The van der Waals surface area contributed by atoms with Crippen LogP contribution in [0, 0.1) is 12.3 Å². The zero-order chi connectivity index (χ0) is 5.54. The first-order chi connectivity index (χ1) is 3.41. The minimum absolute atomic E-state index is 1.09. The molecule has 0 spiro atoms. The summed E-state index contributed by atoms with van der Waals surface area (Å²) < 4.78 is 1.15. The number of hydrogen-bond acceptors (Lipinski definition) is 0. The number of terminal acetylenes is 1. The molecule has 0 fully saturated rings. The van der Waals surface area contributed by atoms with Gasteiger partial charge in [-0.1, -0.05) is 34.6 Å². The third-order valence-corrected chi connectivity index (χ3v) is 1.11. The largest absolute Gasteiger partial charge is 0.115 e. The molecule has 0 aromatic carbocycles. The van der Waals surface area contributed by atoms with Crippen LogP contribution in [0.3, 0.4) is 0 Å². The molecule has 0 radical (unpaired) electrons. The molecule has 0 bridgehead atoms. The van der Waals surface area contributed by atoms with E-state index in [2.05, 4.69) is 28.5 Å². The van der Waals surface area contributed by atoms with Crippen LogP contribution < -0.4 is 0 Å². The Labute approximate surface area is 58.1 Å². The predicted molar refractivity (Wildman–Crippen MR) is 41.5 cm³/mol. The van der Waals surface area contributed by atoms with Crippen LogP contribution in [-0.4, -0.2) is 4.43 Å². The van der Waals surface area contributed by atoms with Gasteiger partial charge in [-0.15, -0.1) is 6.42 Å². The lowest BCUT2D eigenvalue weighted by Gasteiger charge is -1.74. The van der Waals surface area contributed by atoms with Gasteiger partial charge in [0.15, 0.2) is 0 Å². The molecule has 0 saturated heterocycles. The van der Waals surface area contributed by atoms with E-state index in [-0.39, 0.29) is 0 Å². The van der Waals surface area contributed by atoms with Crippen molar-refractivity contribution < 1.29 is 0 Å². The Bertz CT molecular complexity index is 86.8. The summed E-state index contributed by atoms with van der Waals surface area (Å²) in [6.45, 7) is 0. The van der Waals surface area contributed by atoms with E-state index in [0.29, 0.717) is 0 Å². The van der Waals surface area contributed by atoms with Crippen molar-refractivity contribution in [1.82, 2.24) is 0 Å². The maximum absolute atomic E-state index is 4.93. The number of rotatable bonds is 2. The van der Waals surface area contributed by atoms with Gasteiger partial charge in [0.05, 0.1) is 0 Å². The standard InChI is InChI=1S/C6H7I/c1-2-3-4-5-6-7/h1,3-4H,5-6H2/b4-3+. The fraction of sp³-hybridized carbons (Fsp3) is 0.333. The highest BCUT2D eigenvalue weighted by atomic mass is 127. The fourth-order valence-corrected chi connectivity index (χ4v) is 0.574. The topological polar surface area (TPSA) is 0 Å². The van der Waals surface area contributed by atoms with E-state index in [1.165, 1.54) is 0 Å². The molecule has 0 unspecified atom stereocenters. The van der Waals surface area contributed by atoms with Gasteiger partial charge >= 0.3 is 0 Å². The molecule has 0 nitrogen and oxygen atoms in total. The van der Waals surface area contributed by atoms with Crippen molar-refractivity contribution in [2.24, 2.45) is 0 Å². The lowest BCUT2D eigenvalue weighted by atomic mass is 10.4. The van der Waals surface area contributed by atoms with Crippen LogP contribution in [0.1, 0.15) is 6.42 Å². The molecule has 0 aromatic heterocycles. The number of halogens is 1. The number of alkyl halides is 1. The number of hydrogen-bond donors (Lipinski definition) is 0. The van der Waals surface area contributed by atoms with Crippen molar-refractivity contribution in [2.45, 2.75) is 6.42 Å². The zero-order valence-electron chi connectivity index (χ0n) is 4.02. The van der Waals surface area contributed by atoms with E-state index in [1.54, 1.807) is 6.08 Å². The molecule has 0 rings (SSSR count). The van der Waals surface area contributed by atoms with Crippen LogP contribution in [0.2, 0.25) is 0 Å². The third-order valence-electron chi connectivity index (χ3n) is 0.490. The highest BCUT2D eigenvalue weighted by molar-refractivity contribution is 14.1. The second kappa shape index (κ2) is 6.03. The molecule has 0 N–H and O–H groups in total. The van der Waals surface area contributed by atoms with Crippen molar-refractivity contribution in [1.29, 1.82) is 0 Å². The average Bonchev–Trinajstić information content (AvgIpc) is 1.69. The molecule has 7 heavy (non-hydrogen) atoms. The number of allylic oxidation sites excluding steroid dienone is 2. The van der Waals surface area contributed by atoms with Gasteiger partial charge in [0.2, 0.25) is 0 Å². The van der Waals surface area contributed by atoms with E-state index < -0.39 is 0 Å². The Morgan fingerprint density at radius 2 is 2.43 bits per heavy atom. The van der Waals surface area contributed by atoms with Gasteiger partial charge in [0.25, 0.3) is 0 Å². The van der Waals surface area contributed by atoms with Gasteiger partial charge < -0.3 is 0 Å². The Kier molecular flexibility index (Phi) is 6.06. The molecule has 0 aliphatic rings. The Morgan fingerprint density at radius 1 is 1.71 bits per heavy atom. The third kappa shape index (κ3) is 6.03. The first-order valence-corrected chi connectivity index (χ1v) is 3.61. The first-order valence-electron chi connectivity index (χ1n) is 2.09. The van der Waals surface area contributed by atoms with Crippen LogP contribution in [0.25, 0.3) is 0 Å². The van der Waals surface area contributed by atoms with E-state index >= 15 is 0 Å². The minimum atomic E-state index is 1.09. The van der Waals surface area contributed by atoms with Crippen LogP contribution >= 0.6 is 22.6 Å². The van der Waals surface area contributed by atoms with E-state index in [4.69, 9.17) is 6.42 Å². The van der Waals surface area contributed by atoms with Crippen molar-refractivity contribution >= 4 is 22.6 Å². The first kappa shape index (κ1) is 7.03. The highest BCUT2D eigenvalue weighted by Crippen LogP contribution is 1.87. The predicted octanol–water partition coefficient (Wildman–Crippen LogP) is 2.00. The molecule has 38 valence electrons. The van der Waals surface area contributed by atoms with E-state index in [9.17, 15) is 0 Å². The molecule has 0 aliphatic heterocycles. The Hall–Kier alpha value is 0.0300. The van der Waals surface area contributed by atoms with Crippen molar-refractivity contribution in [3.05, 3.63) is 12.2 Å². The summed E-state index contributed by atoms with van der Waals surface area (Å²) in [5.74, 6) is 2.42. The monoisotopic (exact) mass is 206 g/mol. The molecule has 0 saturated carbocycles. The summed E-state index contributed by atoms with van der Waals surface area (Å²) in [6, 6.07) is 0. The second-order valence-electron chi connectivity index (χ2n) is 1.05. The molecular weight excluding hydrogens is 199 g/mol. The molecule has 0 heterocycles. The minimum Gasteiger partial charge on any atom is -0.115 e. The molecule has 0 atom stereocenters. The molecular formula is C6H7I. The quantitative estimate of drug-likeness (QED) is 0.368. The summed E-state index contributed by atoms with van der Waals surface area (Å²) in [5, 5.41) is 0. The van der Waals surface area contributed by atoms with Gasteiger partial charge in [0, 0.05) is 4.43 Å². The van der Waals surface area contributed by atoms with Gasteiger partial charge in [-0.25, -0.2) is 0 Å². The van der Waals surface area contributed by atoms with Gasteiger partial charge in [-0.3, -0.25) is 0 Å². The van der Waals surface area contributed by atoms with Gasteiger partial charge in [0.1, 0.15) is 0 Å².